The third-order valence-electron chi connectivity index (χ3n) is 2.66. The van der Waals surface area contributed by atoms with Crippen LogP contribution in [0, 0.1) is 5.82 Å². The summed E-state index contributed by atoms with van der Waals surface area (Å²) in [6.07, 6.45) is 3.10. The molecule has 1 unspecified atom stereocenters. The van der Waals surface area contributed by atoms with Gasteiger partial charge in [0.2, 0.25) is 5.88 Å². The van der Waals surface area contributed by atoms with Crippen LogP contribution in [0.1, 0.15) is 17.3 Å². The highest BCUT2D eigenvalue weighted by Gasteiger charge is 2.21. The van der Waals surface area contributed by atoms with Crippen molar-refractivity contribution in [2.45, 2.75) is 6.04 Å². The number of ether oxygens (including phenoxy) is 1. The fraction of sp³-hybridized carbons (Fsp3) is 0.231. The summed E-state index contributed by atoms with van der Waals surface area (Å²) in [4.78, 5) is 8.30. The number of nitrogens with one attached hydrogen (secondary N) is 1. The van der Waals surface area contributed by atoms with Gasteiger partial charge < -0.3 is 10.1 Å². The molecule has 18 heavy (non-hydrogen) atoms. The third-order valence-corrected chi connectivity index (χ3v) is 2.66. The normalized spacial score (nSPS) is 12.2. The molecule has 0 spiro atoms. The van der Waals surface area contributed by atoms with Crippen molar-refractivity contribution in [2.24, 2.45) is 0 Å². The van der Waals surface area contributed by atoms with Gasteiger partial charge in [-0.1, -0.05) is 18.2 Å². The SMILES string of the molecule is CNC(c1ccccc1F)c1nccnc1OC. The maximum absolute atomic E-state index is 13.8. The van der Waals surface area contributed by atoms with E-state index in [2.05, 4.69) is 15.3 Å². The summed E-state index contributed by atoms with van der Waals surface area (Å²) in [5.41, 5.74) is 1.08. The van der Waals surface area contributed by atoms with E-state index in [0.29, 0.717) is 17.1 Å². The molecule has 0 aliphatic heterocycles. The lowest BCUT2D eigenvalue weighted by molar-refractivity contribution is 0.383. The van der Waals surface area contributed by atoms with Crippen molar-refractivity contribution >= 4 is 0 Å². The van der Waals surface area contributed by atoms with Crippen molar-refractivity contribution in [3.8, 4) is 5.88 Å². The molecule has 1 heterocycles. The van der Waals surface area contributed by atoms with E-state index in [1.807, 2.05) is 0 Å². The molecular weight excluding hydrogens is 233 g/mol. The second kappa shape index (κ2) is 5.55. The Labute approximate surface area is 105 Å². The van der Waals surface area contributed by atoms with Gasteiger partial charge >= 0.3 is 0 Å². The quantitative estimate of drug-likeness (QED) is 0.896. The molecular formula is C13H14FN3O. The van der Waals surface area contributed by atoms with Gasteiger partial charge in [0.05, 0.1) is 13.2 Å². The number of nitrogens with zero attached hydrogens (tertiary/aromatic N) is 2. The molecule has 0 radical (unpaired) electrons. The first-order chi connectivity index (χ1) is 8.77. The standard InChI is InChI=1S/C13H14FN3O/c1-15-11(9-5-3-4-6-10(9)14)12-13(18-2)17-8-7-16-12/h3-8,11,15H,1-2H3. The van der Waals surface area contributed by atoms with E-state index < -0.39 is 6.04 Å². The summed E-state index contributed by atoms with van der Waals surface area (Å²) in [7, 11) is 3.26. The van der Waals surface area contributed by atoms with Crippen LogP contribution in [-0.4, -0.2) is 24.1 Å². The Hall–Kier alpha value is -2.01. The van der Waals surface area contributed by atoms with Crippen LogP contribution < -0.4 is 10.1 Å². The molecule has 0 aliphatic carbocycles. The number of hydrogen-bond donors (Lipinski definition) is 1. The van der Waals surface area contributed by atoms with Crippen LogP contribution in [0.4, 0.5) is 4.39 Å². The van der Waals surface area contributed by atoms with Gasteiger partial charge in [-0.15, -0.1) is 0 Å². The van der Waals surface area contributed by atoms with E-state index in [-0.39, 0.29) is 5.82 Å². The molecule has 2 aromatic rings. The lowest BCUT2D eigenvalue weighted by Crippen LogP contribution is -2.21. The van der Waals surface area contributed by atoms with E-state index in [1.165, 1.54) is 19.4 Å². The fourth-order valence-electron chi connectivity index (χ4n) is 1.84. The Morgan fingerprint density at radius 1 is 1.22 bits per heavy atom. The summed E-state index contributed by atoms with van der Waals surface area (Å²) in [5, 5.41) is 3.03. The van der Waals surface area contributed by atoms with Crippen LogP contribution in [-0.2, 0) is 0 Å². The first-order valence-corrected chi connectivity index (χ1v) is 5.54. The lowest BCUT2D eigenvalue weighted by atomic mass is 10.0. The number of hydrogen-bond acceptors (Lipinski definition) is 4. The van der Waals surface area contributed by atoms with Crippen LogP contribution in [0.25, 0.3) is 0 Å². The predicted octanol–water partition coefficient (Wildman–Crippen LogP) is 1.93. The number of benzene rings is 1. The number of aromatic nitrogens is 2. The van der Waals surface area contributed by atoms with Crippen molar-refractivity contribution in [1.82, 2.24) is 15.3 Å². The zero-order valence-corrected chi connectivity index (χ0v) is 10.2. The molecule has 1 atom stereocenters. The van der Waals surface area contributed by atoms with Gasteiger partial charge in [0.25, 0.3) is 0 Å². The van der Waals surface area contributed by atoms with Crippen LogP contribution in [0.15, 0.2) is 36.7 Å². The number of methoxy groups -OCH3 is 1. The van der Waals surface area contributed by atoms with Gasteiger partial charge in [0.1, 0.15) is 11.5 Å². The zero-order chi connectivity index (χ0) is 13.0. The molecule has 0 bridgehead atoms. The number of halogens is 1. The predicted molar refractivity (Wildman–Crippen MR) is 65.9 cm³/mol. The molecule has 0 saturated heterocycles. The van der Waals surface area contributed by atoms with Gasteiger partial charge in [-0.05, 0) is 13.1 Å². The van der Waals surface area contributed by atoms with E-state index in [9.17, 15) is 4.39 Å². The topological polar surface area (TPSA) is 47.0 Å². The maximum atomic E-state index is 13.8. The summed E-state index contributed by atoms with van der Waals surface area (Å²) in [6, 6.07) is 6.17. The van der Waals surface area contributed by atoms with E-state index in [1.54, 1.807) is 31.4 Å². The molecule has 0 saturated carbocycles. The average molecular weight is 247 g/mol. The molecule has 1 aromatic carbocycles. The van der Waals surface area contributed by atoms with E-state index in [0.717, 1.165) is 0 Å². The smallest absolute Gasteiger partial charge is 0.237 e. The van der Waals surface area contributed by atoms with Crippen molar-refractivity contribution < 1.29 is 9.13 Å². The van der Waals surface area contributed by atoms with Crippen molar-refractivity contribution in [3.63, 3.8) is 0 Å². The highest BCUT2D eigenvalue weighted by Crippen LogP contribution is 2.27. The van der Waals surface area contributed by atoms with Gasteiger partial charge in [0.15, 0.2) is 0 Å². The van der Waals surface area contributed by atoms with Crippen LogP contribution in [0.5, 0.6) is 5.88 Å². The van der Waals surface area contributed by atoms with Crippen LogP contribution in [0.2, 0.25) is 0 Å². The Morgan fingerprint density at radius 3 is 2.61 bits per heavy atom. The molecule has 2 rings (SSSR count). The van der Waals surface area contributed by atoms with Gasteiger partial charge in [-0.3, -0.25) is 4.98 Å². The number of rotatable bonds is 4. The first kappa shape index (κ1) is 12.4. The van der Waals surface area contributed by atoms with Gasteiger partial charge in [-0.25, -0.2) is 9.37 Å². The highest BCUT2D eigenvalue weighted by atomic mass is 19.1. The molecule has 0 fully saturated rings. The minimum absolute atomic E-state index is 0.287. The second-order valence-electron chi connectivity index (χ2n) is 3.69. The van der Waals surface area contributed by atoms with Crippen LogP contribution >= 0.6 is 0 Å². The van der Waals surface area contributed by atoms with Crippen molar-refractivity contribution in [2.75, 3.05) is 14.2 Å². The fourth-order valence-corrected chi connectivity index (χ4v) is 1.84. The monoisotopic (exact) mass is 247 g/mol. The zero-order valence-electron chi connectivity index (χ0n) is 10.2. The molecule has 94 valence electrons. The molecule has 1 aromatic heterocycles. The molecule has 0 aliphatic rings. The van der Waals surface area contributed by atoms with E-state index >= 15 is 0 Å². The largest absolute Gasteiger partial charge is 0.480 e. The van der Waals surface area contributed by atoms with Crippen molar-refractivity contribution in [3.05, 3.63) is 53.7 Å². The minimum Gasteiger partial charge on any atom is -0.480 e. The molecule has 0 amide bonds. The van der Waals surface area contributed by atoms with E-state index in [4.69, 9.17) is 4.74 Å². The Kier molecular flexibility index (Phi) is 3.84. The van der Waals surface area contributed by atoms with Gasteiger partial charge in [0, 0.05) is 18.0 Å². The highest BCUT2D eigenvalue weighted by molar-refractivity contribution is 5.33. The van der Waals surface area contributed by atoms with Crippen LogP contribution in [0.3, 0.4) is 0 Å². The average Bonchev–Trinajstić information content (AvgIpc) is 2.42. The Morgan fingerprint density at radius 2 is 1.94 bits per heavy atom. The van der Waals surface area contributed by atoms with Gasteiger partial charge in [-0.2, -0.15) is 0 Å². The first-order valence-electron chi connectivity index (χ1n) is 5.54. The Bertz CT molecular complexity index is 533. The summed E-state index contributed by atoms with van der Waals surface area (Å²) >= 11 is 0. The minimum atomic E-state index is -0.394. The molecule has 4 nitrogen and oxygen atoms in total. The van der Waals surface area contributed by atoms with Crippen molar-refractivity contribution in [1.29, 1.82) is 0 Å². The third kappa shape index (κ3) is 2.31. The second-order valence-corrected chi connectivity index (χ2v) is 3.69. The lowest BCUT2D eigenvalue weighted by Gasteiger charge is -2.18. The summed E-state index contributed by atoms with van der Waals surface area (Å²) in [6.45, 7) is 0. The molecule has 5 heteroatoms. The summed E-state index contributed by atoms with van der Waals surface area (Å²) in [5.74, 6) is 0.102. The summed E-state index contributed by atoms with van der Waals surface area (Å²) < 4.78 is 19.0. The molecule has 1 N–H and O–H groups in total. The Balaban J connectivity index is 2.49. The maximum Gasteiger partial charge on any atom is 0.237 e.